The summed E-state index contributed by atoms with van der Waals surface area (Å²) in [4.78, 5) is 18.6. The molecular weight excluding hydrogens is 266 g/mol. The second kappa shape index (κ2) is 6.12. The fraction of sp³-hybridized carbons (Fsp3) is 0.625. The highest BCUT2D eigenvalue weighted by Crippen LogP contribution is 2.42. The van der Waals surface area contributed by atoms with E-state index >= 15 is 0 Å². The van der Waals surface area contributed by atoms with Crippen molar-refractivity contribution in [2.45, 2.75) is 30.7 Å². The Kier molecular flexibility index (Phi) is 4.22. The first-order valence-corrected chi connectivity index (χ1v) is 7.66. The fourth-order valence-corrected chi connectivity index (χ4v) is 3.69. The number of amides is 1. The van der Waals surface area contributed by atoms with Crippen LogP contribution in [-0.4, -0.2) is 54.7 Å². The lowest BCUT2D eigenvalue weighted by Gasteiger charge is -2.42. The second-order valence-corrected chi connectivity index (χ2v) is 6.08. The van der Waals surface area contributed by atoms with Gasteiger partial charge in [0.15, 0.2) is 0 Å². The number of hydrogen-bond donors (Lipinski definition) is 1. The van der Waals surface area contributed by atoms with Gasteiger partial charge in [-0.25, -0.2) is 0 Å². The number of ether oxygens (including phenoxy) is 1. The molecule has 0 bridgehead atoms. The number of piperidine rings is 1. The smallest absolute Gasteiger partial charge is 0.221 e. The molecule has 1 aromatic heterocycles. The van der Waals surface area contributed by atoms with E-state index in [0.717, 1.165) is 39.1 Å². The lowest BCUT2D eigenvalue weighted by atomic mass is 9.75. The monoisotopic (exact) mass is 289 g/mol. The van der Waals surface area contributed by atoms with Crippen LogP contribution in [0.2, 0.25) is 0 Å². The minimum absolute atomic E-state index is 0.0797. The van der Waals surface area contributed by atoms with Gasteiger partial charge in [0.25, 0.3) is 0 Å². The third-order valence-electron chi connectivity index (χ3n) is 4.89. The van der Waals surface area contributed by atoms with E-state index in [2.05, 4.69) is 21.3 Å². The quantitative estimate of drug-likeness (QED) is 0.904. The molecule has 1 aromatic rings. The number of hydrogen-bond acceptors (Lipinski definition) is 4. The molecule has 0 saturated carbocycles. The number of aromatic nitrogens is 1. The van der Waals surface area contributed by atoms with Crippen molar-refractivity contribution < 1.29 is 9.53 Å². The first-order chi connectivity index (χ1) is 10.2. The van der Waals surface area contributed by atoms with Gasteiger partial charge >= 0.3 is 0 Å². The largest absolute Gasteiger partial charge is 0.383 e. The van der Waals surface area contributed by atoms with E-state index in [1.807, 2.05) is 12.3 Å². The number of rotatable bonds is 4. The van der Waals surface area contributed by atoms with E-state index in [9.17, 15) is 4.79 Å². The average molecular weight is 289 g/mol. The van der Waals surface area contributed by atoms with E-state index in [1.54, 1.807) is 13.3 Å². The van der Waals surface area contributed by atoms with Gasteiger partial charge in [-0.05, 0) is 24.5 Å². The molecule has 1 unspecified atom stereocenters. The van der Waals surface area contributed by atoms with Crippen molar-refractivity contribution in [3.63, 3.8) is 0 Å². The molecule has 0 radical (unpaired) electrons. The number of carbonyl (C=O) groups is 1. The van der Waals surface area contributed by atoms with Gasteiger partial charge in [0.05, 0.1) is 6.61 Å². The van der Waals surface area contributed by atoms with Crippen LogP contribution in [0.5, 0.6) is 0 Å². The molecule has 2 aliphatic rings. The van der Waals surface area contributed by atoms with Crippen LogP contribution in [-0.2, 0) is 9.53 Å². The highest BCUT2D eigenvalue weighted by molar-refractivity contribution is 5.81. The minimum Gasteiger partial charge on any atom is -0.383 e. The van der Waals surface area contributed by atoms with Crippen LogP contribution < -0.4 is 5.32 Å². The molecule has 5 nitrogen and oxygen atoms in total. The van der Waals surface area contributed by atoms with Gasteiger partial charge in [-0.15, -0.1) is 0 Å². The van der Waals surface area contributed by atoms with Crippen LogP contribution in [0.1, 0.15) is 30.7 Å². The maximum absolute atomic E-state index is 12.0. The molecule has 2 aliphatic heterocycles. The van der Waals surface area contributed by atoms with E-state index in [0.29, 0.717) is 6.42 Å². The zero-order valence-electron chi connectivity index (χ0n) is 12.5. The first kappa shape index (κ1) is 14.5. The third kappa shape index (κ3) is 2.94. The van der Waals surface area contributed by atoms with E-state index in [1.165, 1.54) is 5.56 Å². The predicted octanol–water partition coefficient (Wildman–Crippen LogP) is 1.17. The fourth-order valence-electron chi connectivity index (χ4n) is 3.69. The molecule has 1 amide bonds. The Labute approximate surface area is 125 Å². The molecule has 1 N–H and O–H groups in total. The maximum Gasteiger partial charge on any atom is 0.221 e. The Morgan fingerprint density at radius 2 is 2.29 bits per heavy atom. The first-order valence-electron chi connectivity index (χ1n) is 7.66. The number of nitrogens with zero attached hydrogens (tertiary/aromatic N) is 2. The minimum atomic E-state index is -0.0797. The predicted molar refractivity (Wildman–Crippen MR) is 80.0 cm³/mol. The number of likely N-dealkylation sites (tertiary alicyclic amines) is 1. The summed E-state index contributed by atoms with van der Waals surface area (Å²) >= 11 is 0. The SMILES string of the molecule is COCCN1CCC2(CC1)NC(=O)CC2c1cccnc1. The Morgan fingerprint density at radius 3 is 2.95 bits per heavy atom. The van der Waals surface area contributed by atoms with Crippen molar-refractivity contribution in [3.8, 4) is 0 Å². The van der Waals surface area contributed by atoms with Crippen molar-refractivity contribution in [1.29, 1.82) is 0 Å². The molecule has 3 heterocycles. The zero-order chi connectivity index (χ0) is 14.7. The van der Waals surface area contributed by atoms with Crippen LogP contribution in [0, 0.1) is 0 Å². The highest BCUT2D eigenvalue weighted by Gasteiger charge is 2.48. The molecule has 1 spiro atoms. The van der Waals surface area contributed by atoms with Crippen molar-refractivity contribution >= 4 is 5.91 Å². The van der Waals surface area contributed by atoms with Gasteiger partial charge in [0, 0.05) is 57.0 Å². The van der Waals surface area contributed by atoms with Crippen LogP contribution in [0.4, 0.5) is 0 Å². The van der Waals surface area contributed by atoms with E-state index in [-0.39, 0.29) is 17.4 Å². The number of nitrogens with one attached hydrogen (secondary N) is 1. The second-order valence-electron chi connectivity index (χ2n) is 6.08. The highest BCUT2D eigenvalue weighted by atomic mass is 16.5. The Bertz CT molecular complexity index is 484. The van der Waals surface area contributed by atoms with Gasteiger partial charge in [0.2, 0.25) is 5.91 Å². The topological polar surface area (TPSA) is 54.5 Å². The lowest BCUT2D eigenvalue weighted by molar-refractivity contribution is -0.120. The van der Waals surface area contributed by atoms with Gasteiger partial charge in [-0.1, -0.05) is 6.07 Å². The van der Waals surface area contributed by atoms with Crippen LogP contribution in [0.15, 0.2) is 24.5 Å². The molecule has 3 rings (SSSR count). The lowest BCUT2D eigenvalue weighted by Crippen LogP contribution is -2.53. The summed E-state index contributed by atoms with van der Waals surface area (Å²) in [5, 5.41) is 3.27. The summed E-state index contributed by atoms with van der Waals surface area (Å²) < 4.78 is 5.15. The van der Waals surface area contributed by atoms with Crippen LogP contribution in [0.3, 0.4) is 0 Å². The molecule has 1 atom stereocenters. The van der Waals surface area contributed by atoms with Gasteiger partial charge in [0.1, 0.15) is 0 Å². The van der Waals surface area contributed by atoms with Crippen LogP contribution >= 0.6 is 0 Å². The number of methoxy groups -OCH3 is 1. The van der Waals surface area contributed by atoms with E-state index < -0.39 is 0 Å². The standard InChI is InChI=1S/C16H23N3O2/c1-21-10-9-19-7-4-16(5-8-19)14(11-15(20)18-16)13-3-2-6-17-12-13/h2-3,6,12,14H,4-5,7-11H2,1H3,(H,18,20). The number of carbonyl (C=O) groups excluding carboxylic acids is 1. The van der Waals surface area contributed by atoms with Gasteiger partial charge in [-0.2, -0.15) is 0 Å². The van der Waals surface area contributed by atoms with Crippen molar-refractivity contribution in [2.75, 3.05) is 33.4 Å². The normalized spacial score (nSPS) is 25.2. The van der Waals surface area contributed by atoms with Crippen LogP contribution in [0.25, 0.3) is 0 Å². The average Bonchev–Trinajstić information content (AvgIpc) is 2.84. The Morgan fingerprint density at radius 1 is 1.48 bits per heavy atom. The summed E-state index contributed by atoms with van der Waals surface area (Å²) in [6, 6.07) is 4.05. The Hall–Kier alpha value is -1.46. The van der Waals surface area contributed by atoms with Gasteiger partial charge in [-0.3, -0.25) is 9.78 Å². The summed E-state index contributed by atoms with van der Waals surface area (Å²) in [6.45, 7) is 3.77. The Balaban J connectivity index is 1.72. The number of pyridine rings is 1. The molecule has 0 aliphatic carbocycles. The summed E-state index contributed by atoms with van der Waals surface area (Å²) in [6.07, 6.45) is 6.28. The van der Waals surface area contributed by atoms with E-state index in [4.69, 9.17) is 4.74 Å². The van der Waals surface area contributed by atoms with Gasteiger partial charge < -0.3 is 15.0 Å². The van der Waals surface area contributed by atoms with Crippen molar-refractivity contribution in [2.24, 2.45) is 0 Å². The summed E-state index contributed by atoms with van der Waals surface area (Å²) in [7, 11) is 1.74. The summed E-state index contributed by atoms with van der Waals surface area (Å²) in [5.41, 5.74) is 1.10. The molecule has 21 heavy (non-hydrogen) atoms. The molecular formula is C16H23N3O2. The molecule has 114 valence electrons. The zero-order valence-corrected chi connectivity index (χ0v) is 12.5. The molecule has 5 heteroatoms. The molecule has 2 fully saturated rings. The van der Waals surface area contributed by atoms with Crippen molar-refractivity contribution in [3.05, 3.63) is 30.1 Å². The molecule has 0 aromatic carbocycles. The summed E-state index contributed by atoms with van der Waals surface area (Å²) in [5.74, 6) is 0.428. The third-order valence-corrected chi connectivity index (χ3v) is 4.89. The maximum atomic E-state index is 12.0. The molecule has 2 saturated heterocycles. The van der Waals surface area contributed by atoms with Crippen molar-refractivity contribution in [1.82, 2.24) is 15.2 Å².